The number of sulfonamides is 1. The van der Waals surface area contributed by atoms with E-state index in [0.717, 1.165) is 18.2 Å². The summed E-state index contributed by atoms with van der Waals surface area (Å²) in [5.74, 6) is -1.49. The molecule has 130 valence electrons. The fourth-order valence-electron chi connectivity index (χ4n) is 1.97. The molecule has 2 aromatic rings. The first-order chi connectivity index (χ1) is 11.4. The summed E-state index contributed by atoms with van der Waals surface area (Å²) in [6.45, 7) is 4.29. The summed E-state index contributed by atoms with van der Waals surface area (Å²) in [5.41, 5.74) is -0.0826. The molecule has 0 aliphatic heterocycles. The Kier molecular flexibility index (Phi) is 5.61. The van der Waals surface area contributed by atoms with Gasteiger partial charge >= 0.3 is 0 Å². The van der Waals surface area contributed by atoms with Gasteiger partial charge in [-0.3, -0.25) is 4.72 Å². The van der Waals surface area contributed by atoms with E-state index in [1.54, 1.807) is 13.8 Å². The van der Waals surface area contributed by atoms with E-state index in [4.69, 9.17) is 9.47 Å². The predicted octanol–water partition coefficient (Wildman–Crippen LogP) is 3.56. The Bertz CT molecular complexity index is 825. The van der Waals surface area contributed by atoms with Crippen molar-refractivity contribution in [3.63, 3.8) is 0 Å². The highest BCUT2D eigenvalue weighted by Crippen LogP contribution is 2.31. The second-order valence-electron chi connectivity index (χ2n) is 4.71. The topological polar surface area (TPSA) is 64.6 Å². The van der Waals surface area contributed by atoms with Crippen LogP contribution >= 0.6 is 0 Å². The molecule has 0 bridgehead atoms. The highest BCUT2D eigenvalue weighted by atomic mass is 32.2. The van der Waals surface area contributed by atoms with Crippen LogP contribution in [0.15, 0.2) is 41.3 Å². The lowest BCUT2D eigenvalue weighted by atomic mass is 10.3. The summed E-state index contributed by atoms with van der Waals surface area (Å²) in [5, 5.41) is 0. The molecule has 0 atom stereocenters. The predicted molar refractivity (Wildman–Crippen MR) is 85.9 cm³/mol. The highest BCUT2D eigenvalue weighted by molar-refractivity contribution is 7.92. The Hall–Kier alpha value is -2.35. The molecule has 0 aliphatic carbocycles. The largest absolute Gasteiger partial charge is 0.490 e. The van der Waals surface area contributed by atoms with Gasteiger partial charge in [-0.2, -0.15) is 0 Å². The van der Waals surface area contributed by atoms with E-state index in [9.17, 15) is 17.2 Å². The van der Waals surface area contributed by atoms with Gasteiger partial charge in [-0.1, -0.05) is 0 Å². The Morgan fingerprint density at radius 1 is 0.917 bits per heavy atom. The van der Waals surface area contributed by atoms with Gasteiger partial charge in [-0.05, 0) is 38.1 Å². The normalized spacial score (nSPS) is 11.2. The third kappa shape index (κ3) is 4.14. The minimum Gasteiger partial charge on any atom is -0.490 e. The summed E-state index contributed by atoms with van der Waals surface area (Å²) in [6.07, 6.45) is 0. The minimum absolute atomic E-state index is 0.0826. The second kappa shape index (κ2) is 7.48. The van der Waals surface area contributed by atoms with Crippen molar-refractivity contribution in [1.29, 1.82) is 0 Å². The molecule has 5 nitrogen and oxygen atoms in total. The molecule has 0 heterocycles. The van der Waals surface area contributed by atoms with Gasteiger partial charge in [0.1, 0.15) is 0 Å². The number of hydrogen-bond acceptors (Lipinski definition) is 4. The molecule has 2 rings (SSSR count). The van der Waals surface area contributed by atoms with E-state index in [-0.39, 0.29) is 16.3 Å². The van der Waals surface area contributed by atoms with Crippen LogP contribution in [0.2, 0.25) is 0 Å². The molecular formula is C16H17F2NO4S. The average molecular weight is 357 g/mol. The summed E-state index contributed by atoms with van der Waals surface area (Å²) in [4.78, 5) is -0.0841. The van der Waals surface area contributed by atoms with E-state index in [0.29, 0.717) is 19.0 Å². The molecule has 8 heteroatoms. The van der Waals surface area contributed by atoms with Crippen LogP contribution in [0.3, 0.4) is 0 Å². The van der Waals surface area contributed by atoms with E-state index < -0.39 is 21.7 Å². The summed E-state index contributed by atoms with van der Waals surface area (Å²) in [6, 6.07) is 6.89. The molecule has 0 saturated heterocycles. The number of rotatable bonds is 7. The molecule has 0 aromatic heterocycles. The van der Waals surface area contributed by atoms with Crippen LogP contribution in [-0.2, 0) is 10.0 Å². The molecule has 0 aliphatic rings. The van der Waals surface area contributed by atoms with Crippen LogP contribution in [0.5, 0.6) is 11.5 Å². The van der Waals surface area contributed by atoms with Crippen molar-refractivity contribution < 1.29 is 26.7 Å². The zero-order valence-corrected chi connectivity index (χ0v) is 14.0. The minimum atomic E-state index is -3.99. The molecule has 0 saturated carbocycles. The maximum atomic E-state index is 13.2. The smallest absolute Gasteiger partial charge is 0.262 e. The molecular weight excluding hydrogens is 340 g/mol. The molecule has 2 aromatic carbocycles. The van der Waals surface area contributed by atoms with Crippen molar-refractivity contribution >= 4 is 15.7 Å². The SMILES string of the molecule is CCOc1ccc(S(=O)(=O)Nc2ccc(F)c(F)c2)cc1OCC. The van der Waals surface area contributed by atoms with Crippen LogP contribution in [0.4, 0.5) is 14.5 Å². The van der Waals surface area contributed by atoms with Crippen molar-refractivity contribution in [3.8, 4) is 11.5 Å². The first-order valence-electron chi connectivity index (χ1n) is 7.25. The van der Waals surface area contributed by atoms with Gasteiger partial charge in [-0.15, -0.1) is 0 Å². The van der Waals surface area contributed by atoms with Crippen LogP contribution in [-0.4, -0.2) is 21.6 Å². The van der Waals surface area contributed by atoms with Gasteiger partial charge in [0.15, 0.2) is 23.1 Å². The third-order valence-corrected chi connectivity index (χ3v) is 4.38. The van der Waals surface area contributed by atoms with Crippen LogP contribution in [0.25, 0.3) is 0 Å². The van der Waals surface area contributed by atoms with Crippen LogP contribution in [0, 0.1) is 11.6 Å². The number of halogens is 2. The summed E-state index contributed by atoms with van der Waals surface area (Å²) < 4.78 is 63.9. The van der Waals surface area contributed by atoms with Crippen molar-refractivity contribution in [2.24, 2.45) is 0 Å². The van der Waals surface area contributed by atoms with Gasteiger partial charge in [0.2, 0.25) is 0 Å². The van der Waals surface area contributed by atoms with Crippen molar-refractivity contribution in [1.82, 2.24) is 0 Å². The van der Waals surface area contributed by atoms with Crippen molar-refractivity contribution in [3.05, 3.63) is 48.0 Å². The van der Waals surface area contributed by atoms with Gasteiger partial charge in [0, 0.05) is 12.1 Å². The lowest BCUT2D eigenvalue weighted by molar-refractivity contribution is 0.287. The number of nitrogens with one attached hydrogen (secondary N) is 1. The number of ether oxygens (including phenoxy) is 2. The maximum Gasteiger partial charge on any atom is 0.262 e. The molecule has 0 fully saturated rings. The molecule has 0 spiro atoms. The van der Waals surface area contributed by atoms with E-state index in [1.165, 1.54) is 18.2 Å². The third-order valence-electron chi connectivity index (χ3n) is 3.00. The Balaban J connectivity index is 2.34. The number of hydrogen-bond donors (Lipinski definition) is 1. The second-order valence-corrected chi connectivity index (χ2v) is 6.39. The molecule has 0 radical (unpaired) electrons. The Morgan fingerprint density at radius 2 is 1.58 bits per heavy atom. The lowest BCUT2D eigenvalue weighted by Crippen LogP contribution is -2.13. The average Bonchev–Trinajstić information content (AvgIpc) is 2.53. The lowest BCUT2D eigenvalue weighted by Gasteiger charge is -2.13. The maximum absolute atomic E-state index is 13.2. The summed E-state index contributed by atoms with van der Waals surface area (Å²) in [7, 11) is -3.99. The molecule has 24 heavy (non-hydrogen) atoms. The molecule has 1 N–H and O–H groups in total. The van der Waals surface area contributed by atoms with Crippen LogP contribution < -0.4 is 14.2 Å². The number of benzene rings is 2. The zero-order chi connectivity index (χ0) is 17.7. The monoisotopic (exact) mass is 357 g/mol. The highest BCUT2D eigenvalue weighted by Gasteiger charge is 2.18. The molecule has 0 unspecified atom stereocenters. The fraction of sp³-hybridized carbons (Fsp3) is 0.250. The van der Waals surface area contributed by atoms with Crippen molar-refractivity contribution in [2.75, 3.05) is 17.9 Å². The quantitative estimate of drug-likeness (QED) is 0.823. The van der Waals surface area contributed by atoms with Gasteiger partial charge in [0.05, 0.1) is 23.8 Å². The number of anilines is 1. The fourth-order valence-corrected chi connectivity index (χ4v) is 3.04. The van der Waals surface area contributed by atoms with E-state index in [2.05, 4.69) is 4.72 Å². The zero-order valence-electron chi connectivity index (χ0n) is 13.2. The first kappa shape index (κ1) is 18.0. The van der Waals surface area contributed by atoms with Crippen LogP contribution in [0.1, 0.15) is 13.8 Å². The van der Waals surface area contributed by atoms with Crippen molar-refractivity contribution in [2.45, 2.75) is 18.7 Å². The molecule has 0 amide bonds. The van der Waals surface area contributed by atoms with E-state index >= 15 is 0 Å². The standard InChI is InChI=1S/C16H17F2NO4S/c1-3-22-15-8-6-12(10-16(15)23-4-2)24(20,21)19-11-5-7-13(17)14(18)9-11/h5-10,19H,3-4H2,1-2H3. The Labute approximate surface area is 139 Å². The summed E-state index contributed by atoms with van der Waals surface area (Å²) >= 11 is 0. The Morgan fingerprint density at radius 3 is 2.21 bits per heavy atom. The first-order valence-corrected chi connectivity index (χ1v) is 8.73. The van der Waals surface area contributed by atoms with Gasteiger partial charge in [0.25, 0.3) is 10.0 Å². The van der Waals surface area contributed by atoms with Gasteiger partial charge < -0.3 is 9.47 Å². The van der Waals surface area contributed by atoms with Gasteiger partial charge in [-0.25, -0.2) is 17.2 Å². The van der Waals surface area contributed by atoms with E-state index in [1.807, 2.05) is 0 Å².